The second-order valence-corrected chi connectivity index (χ2v) is 20.9. The molecule has 0 aromatic heterocycles. The van der Waals surface area contributed by atoms with E-state index in [1.807, 2.05) is 12.2 Å². The number of carbonyl (C=O) groups is 3. The van der Waals surface area contributed by atoms with Gasteiger partial charge < -0.3 is 14.2 Å². The highest BCUT2D eigenvalue weighted by Gasteiger charge is 2.19. The lowest BCUT2D eigenvalue weighted by Gasteiger charge is -2.18. The van der Waals surface area contributed by atoms with Gasteiger partial charge in [0.1, 0.15) is 13.2 Å². The lowest BCUT2D eigenvalue weighted by Crippen LogP contribution is -2.30. The molecule has 0 aliphatic rings. The Morgan fingerprint density at radius 1 is 0.284 bits per heavy atom. The molecule has 0 aromatic carbocycles. The van der Waals surface area contributed by atoms with Gasteiger partial charge in [0.05, 0.1) is 0 Å². The van der Waals surface area contributed by atoms with Crippen LogP contribution in [0.4, 0.5) is 0 Å². The Labute approximate surface area is 458 Å². The molecule has 0 aliphatic carbocycles. The molecule has 0 N–H and O–H groups in total. The van der Waals surface area contributed by atoms with Gasteiger partial charge in [-0.3, -0.25) is 14.4 Å². The zero-order valence-electron chi connectivity index (χ0n) is 48.8. The quantitative estimate of drug-likeness (QED) is 0.0261. The maximum Gasteiger partial charge on any atom is 0.306 e. The van der Waals surface area contributed by atoms with Crippen molar-refractivity contribution in [2.75, 3.05) is 13.2 Å². The minimum atomic E-state index is -0.815. The van der Waals surface area contributed by atoms with Gasteiger partial charge in [-0.25, -0.2) is 0 Å². The van der Waals surface area contributed by atoms with E-state index in [0.29, 0.717) is 19.3 Å². The second kappa shape index (κ2) is 62.1. The molecule has 0 saturated carbocycles. The number of ether oxygens (including phenoxy) is 3. The van der Waals surface area contributed by atoms with Gasteiger partial charge in [-0.2, -0.15) is 0 Å². The van der Waals surface area contributed by atoms with E-state index in [4.69, 9.17) is 14.2 Å². The van der Waals surface area contributed by atoms with Crippen molar-refractivity contribution in [3.8, 4) is 0 Å². The Bertz CT molecular complexity index is 1420. The van der Waals surface area contributed by atoms with Crippen molar-refractivity contribution >= 4 is 17.9 Å². The fourth-order valence-corrected chi connectivity index (χ4v) is 8.90. The molecule has 0 aromatic rings. The molecule has 1 unspecified atom stereocenters. The summed E-state index contributed by atoms with van der Waals surface area (Å²) < 4.78 is 16.7. The van der Waals surface area contributed by atoms with Gasteiger partial charge in [-0.05, 0) is 96.3 Å². The van der Waals surface area contributed by atoms with Gasteiger partial charge in [0.15, 0.2) is 6.10 Å². The molecule has 1 atom stereocenters. The number of unbranched alkanes of at least 4 members (excludes halogenated alkanes) is 32. The van der Waals surface area contributed by atoms with Crippen LogP contribution in [-0.4, -0.2) is 37.2 Å². The highest BCUT2D eigenvalue weighted by molar-refractivity contribution is 5.71. The van der Waals surface area contributed by atoms with Crippen LogP contribution in [0.25, 0.3) is 0 Å². The molecule has 0 heterocycles. The first kappa shape index (κ1) is 70.6. The molecule has 0 amide bonds. The number of hydrogen-bond acceptors (Lipinski definition) is 6. The summed E-state index contributed by atoms with van der Waals surface area (Å²) in [5.74, 6) is -0.992. The van der Waals surface area contributed by atoms with Gasteiger partial charge in [0, 0.05) is 19.3 Å². The molecule has 0 aliphatic heterocycles. The Balaban J connectivity index is 4.06. The minimum absolute atomic E-state index is 0.105. The molecule has 0 spiro atoms. The van der Waals surface area contributed by atoms with Crippen molar-refractivity contribution in [3.63, 3.8) is 0 Å². The van der Waals surface area contributed by atoms with E-state index < -0.39 is 12.1 Å². The van der Waals surface area contributed by atoms with Crippen molar-refractivity contribution < 1.29 is 28.6 Å². The summed E-state index contributed by atoms with van der Waals surface area (Å²) in [5.41, 5.74) is 0. The summed E-state index contributed by atoms with van der Waals surface area (Å²) in [5, 5.41) is 0. The predicted octanol–water partition coefficient (Wildman–Crippen LogP) is 21.5. The monoisotopic (exact) mass is 1030 g/mol. The number of allylic oxidation sites excluding steroid dienone is 14. The molecule has 0 bridgehead atoms. The summed E-state index contributed by atoms with van der Waals surface area (Å²) in [6.07, 6.45) is 82.2. The van der Waals surface area contributed by atoms with Gasteiger partial charge in [0.25, 0.3) is 0 Å². The fraction of sp³-hybridized carbons (Fsp3) is 0.750. The number of esters is 3. The third-order valence-electron chi connectivity index (χ3n) is 13.6. The number of hydrogen-bond donors (Lipinski definition) is 0. The van der Waals surface area contributed by atoms with Crippen molar-refractivity contribution in [2.24, 2.45) is 0 Å². The van der Waals surface area contributed by atoms with Crippen LogP contribution in [0.15, 0.2) is 85.1 Å². The van der Waals surface area contributed by atoms with E-state index in [1.54, 1.807) is 0 Å². The number of rotatable bonds is 57. The van der Waals surface area contributed by atoms with E-state index in [-0.39, 0.29) is 31.6 Å². The molecule has 6 heteroatoms. The van der Waals surface area contributed by atoms with Crippen molar-refractivity contribution in [1.82, 2.24) is 0 Å². The molecular weight excluding hydrogens is 913 g/mol. The zero-order valence-corrected chi connectivity index (χ0v) is 48.8. The van der Waals surface area contributed by atoms with Gasteiger partial charge in [0.2, 0.25) is 0 Å². The van der Waals surface area contributed by atoms with Gasteiger partial charge >= 0.3 is 17.9 Å². The van der Waals surface area contributed by atoms with Crippen molar-refractivity contribution in [1.29, 1.82) is 0 Å². The zero-order chi connectivity index (χ0) is 53.6. The summed E-state index contributed by atoms with van der Waals surface area (Å²) >= 11 is 0. The molecule has 0 fully saturated rings. The summed E-state index contributed by atoms with van der Waals surface area (Å²) in [6, 6.07) is 0. The first-order valence-corrected chi connectivity index (χ1v) is 31.6. The van der Waals surface area contributed by atoms with E-state index in [0.717, 1.165) is 89.9 Å². The molecular formula is C68H118O6. The largest absolute Gasteiger partial charge is 0.462 e. The van der Waals surface area contributed by atoms with Crippen molar-refractivity contribution in [2.45, 2.75) is 316 Å². The smallest absolute Gasteiger partial charge is 0.306 e. The number of carbonyl (C=O) groups excluding carboxylic acids is 3. The Hall–Kier alpha value is -3.41. The standard InChI is InChI=1S/C68H118O6/c1-4-7-10-13-16-19-22-24-25-26-27-28-29-30-31-32-33-34-35-36-37-38-39-40-41-42-43-45-46-49-52-55-58-61-67(70)73-64-65(63-72-66(69)60-57-54-51-48-21-18-15-12-9-6-3)74-68(71)62-59-56-53-50-47-44-23-20-17-14-11-8-5-2/h8,11-12,15,17,20,22,24,26-27,44,47,53,56,65H,4-7,9-10,13-14,16,18-19,21,23,25,28-43,45-46,48-52,54-55,57-64H2,1-3H3/b11-8-,15-12-,20-17-,24-22-,27-26-,47-44-,56-53-. The van der Waals surface area contributed by atoms with Gasteiger partial charge in [-0.15, -0.1) is 0 Å². The average molecular weight is 1030 g/mol. The first-order valence-electron chi connectivity index (χ1n) is 31.6. The van der Waals surface area contributed by atoms with Crippen molar-refractivity contribution in [3.05, 3.63) is 85.1 Å². The van der Waals surface area contributed by atoms with Crippen LogP contribution in [0, 0.1) is 0 Å². The third kappa shape index (κ3) is 59.5. The van der Waals surface area contributed by atoms with E-state index >= 15 is 0 Å². The lowest BCUT2D eigenvalue weighted by molar-refractivity contribution is -0.166. The summed E-state index contributed by atoms with van der Waals surface area (Å²) in [6.45, 7) is 6.40. The fourth-order valence-electron chi connectivity index (χ4n) is 8.90. The Morgan fingerprint density at radius 3 is 0.946 bits per heavy atom. The topological polar surface area (TPSA) is 78.9 Å². The van der Waals surface area contributed by atoms with Crippen LogP contribution in [0.5, 0.6) is 0 Å². The summed E-state index contributed by atoms with van der Waals surface area (Å²) in [7, 11) is 0. The highest BCUT2D eigenvalue weighted by Crippen LogP contribution is 2.17. The molecule has 0 rings (SSSR count). The maximum absolute atomic E-state index is 12.8. The second-order valence-electron chi connectivity index (χ2n) is 20.9. The Morgan fingerprint density at radius 2 is 0.581 bits per heavy atom. The van der Waals surface area contributed by atoms with Crippen LogP contribution < -0.4 is 0 Å². The van der Waals surface area contributed by atoms with Crippen LogP contribution >= 0.6 is 0 Å². The molecule has 6 nitrogen and oxygen atoms in total. The first-order chi connectivity index (χ1) is 36.5. The average Bonchev–Trinajstić information content (AvgIpc) is 3.40. The van der Waals surface area contributed by atoms with E-state index in [9.17, 15) is 14.4 Å². The summed E-state index contributed by atoms with van der Waals surface area (Å²) in [4.78, 5) is 38.0. The highest BCUT2D eigenvalue weighted by atomic mass is 16.6. The van der Waals surface area contributed by atoms with Crippen LogP contribution in [-0.2, 0) is 28.6 Å². The normalized spacial score (nSPS) is 12.6. The molecule has 0 saturated heterocycles. The SMILES string of the molecule is CC/C=C\C/C=C\C/C=C\C/C=C\CCC(=O)OC(COC(=O)CCCCCCC/C=C\CCC)COC(=O)CCCCCCCCCCCCCCCCCCCCCCC/C=C\C/C=C\CCCCCCC. The molecule has 0 radical (unpaired) electrons. The van der Waals surface area contributed by atoms with E-state index in [2.05, 4.69) is 93.7 Å². The van der Waals surface area contributed by atoms with Crippen LogP contribution in [0.1, 0.15) is 310 Å². The van der Waals surface area contributed by atoms with E-state index in [1.165, 1.54) is 173 Å². The third-order valence-corrected chi connectivity index (χ3v) is 13.6. The van der Waals surface area contributed by atoms with Crippen LogP contribution in [0.2, 0.25) is 0 Å². The lowest BCUT2D eigenvalue weighted by atomic mass is 10.0. The van der Waals surface area contributed by atoms with Crippen LogP contribution in [0.3, 0.4) is 0 Å². The predicted molar refractivity (Wildman–Crippen MR) is 321 cm³/mol. The maximum atomic E-state index is 12.8. The Kier molecular flexibility index (Phi) is 59.3. The molecule has 426 valence electrons. The minimum Gasteiger partial charge on any atom is -0.462 e. The van der Waals surface area contributed by atoms with Gasteiger partial charge in [-0.1, -0.05) is 279 Å². The molecule has 74 heavy (non-hydrogen) atoms.